The molecule has 0 radical (unpaired) electrons. The molecule has 30 heavy (non-hydrogen) atoms. The molecule has 0 aliphatic heterocycles. The maximum atomic E-state index is 12.5. The Balaban J connectivity index is 1.96. The third-order valence-corrected chi connectivity index (χ3v) is 4.95. The molecule has 8 heteroatoms. The van der Waals surface area contributed by atoms with Crippen LogP contribution in [0, 0.1) is 6.92 Å². The van der Waals surface area contributed by atoms with Crippen molar-refractivity contribution in [3.63, 3.8) is 0 Å². The number of anilines is 1. The molecule has 2 aromatic carbocycles. The van der Waals surface area contributed by atoms with Gasteiger partial charge in [-0.2, -0.15) is 0 Å². The van der Waals surface area contributed by atoms with Crippen molar-refractivity contribution in [2.75, 3.05) is 24.8 Å². The van der Waals surface area contributed by atoms with E-state index in [-0.39, 0.29) is 17.7 Å². The Bertz CT molecular complexity index is 914. The Labute approximate surface area is 180 Å². The number of esters is 1. The zero-order chi connectivity index (χ0) is 22.1. The summed E-state index contributed by atoms with van der Waals surface area (Å²) in [6, 6.07) is 12.2. The predicted molar refractivity (Wildman–Crippen MR) is 117 cm³/mol. The second-order valence-electron chi connectivity index (χ2n) is 6.84. The molecule has 160 valence electrons. The zero-order valence-electron chi connectivity index (χ0n) is 17.5. The molecule has 2 rings (SSSR count). The molecule has 0 heterocycles. The molecule has 0 spiro atoms. The van der Waals surface area contributed by atoms with Gasteiger partial charge in [0.2, 0.25) is 5.91 Å². The number of aryl methyl sites for hydroxylation is 1. The van der Waals surface area contributed by atoms with E-state index in [1.54, 1.807) is 36.4 Å². The third kappa shape index (κ3) is 7.11. The number of benzene rings is 2. The number of thioether (sulfide) groups is 1. The molecule has 0 fully saturated rings. The van der Waals surface area contributed by atoms with Crippen LogP contribution in [0.2, 0.25) is 0 Å². The van der Waals surface area contributed by atoms with Crippen LogP contribution in [-0.2, 0) is 14.3 Å². The van der Waals surface area contributed by atoms with Crippen LogP contribution in [-0.4, -0.2) is 43.3 Å². The number of amides is 2. The number of hydrogen-bond acceptors (Lipinski definition) is 6. The van der Waals surface area contributed by atoms with Crippen LogP contribution in [0.3, 0.4) is 0 Å². The minimum absolute atomic E-state index is 0.0452. The minimum Gasteiger partial charge on any atom is -0.495 e. The van der Waals surface area contributed by atoms with Crippen molar-refractivity contribution in [3.8, 4) is 5.75 Å². The average molecular weight is 431 g/mol. The van der Waals surface area contributed by atoms with E-state index in [1.165, 1.54) is 18.9 Å². The SMILES string of the molecule is COc1ccc(C)cc1NC(=O)COC(=O)c1ccccc1SCC(=O)NC(C)C. The van der Waals surface area contributed by atoms with E-state index in [4.69, 9.17) is 9.47 Å². The van der Waals surface area contributed by atoms with Gasteiger partial charge in [0.25, 0.3) is 5.91 Å². The number of methoxy groups -OCH3 is 1. The smallest absolute Gasteiger partial charge is 0.339 e. The summed E-state index contributed by atoms with van der Waals surface area (Å²) in [5.74, 6) is -0.537. The van der Waals surface area contributed by atoms with E-state index >= 15 is 0 Å². The predicted octanol–water partition coefficient (Wildman–Crippen LogP) is 3.42. The average Bonchev–Trinajstić information content (AvgIpc) is 2.70. The van der Waals surface area contributed by atoms with Crippen molar-refractivity contribution < 1.29 is 23.9 Å². The lowest BCUT2D eigenvalue weighted by molar-refractivity contribution is -0.119. The van der Waals surface area contributed by atoms with Gasteiger partial charge in [-0.3, -0.25) is 9.59 Å². The van der Waals surface area contributed by atoms with Gasteiger partial charge in [0.15, 0.2) is 6.61 Å². The fourth-order valence-corrected chi connectivity index (χ4v) is 3.43. The molecule has 0 aromatic heterocycles. The molecule has 2 N–H and O–H groups in total. The summed E-state index contributed by atoms with van der Waals surface area (Å²) >= 11 is 1.24. The first-order valence-corrected chi connectivity index (χ1v) is 10.4. The van der Waals surface area contributed by atoms with Crippen molar-refractivity contribution in [2.24, 2.45) is 0 Å². The second-order valence-corrected chi connectivity index (χ2v) is 7.85. The quantitative estimate of drug-likeness (QED) is 0.468. The monoisotopic (exact) mass is 430 g/mol. The lowest BCUT2D eigenvalue weighted by Crippen LogP contribution is -2.31. The van der Waals surface area contributed by atoms with Gasteiger partial charge in [-0.15, -0.1) is 11.8 Å². The van der Waals surface area contributed by atoms with Gasteiger partial charge >= 0.3 is 5.97 Å². The molecule has 0 aliphatic carbocycles. The molecule has 2 amide bonds. The highest BCUT2D eigenvalue weighted by Crippen LogP contribution is 2.25. The molecular weight excluding hydrogens is 404 g/mol. The summed E-state index contributed by atoms with van der Waals surface area (Å²) in [4.78, 5) is 37.2. The van der Waals surface area contributed by atoms with Crippen LogP contribution in [0.15, 0.2) is 47.4 Å². The highest BCUT2D eigenvalue weighted by molar-refractivity contribution is 8.00. The molecule has 0 saturated heterocycles. The number of hydrogen-bond donors (Lipinski definition) is 2. The number of nitrogens with one attached hydrogen (secondary N) is 2. The first-order valence-electron chi connectivity index (χ1n) is 9.43. The molecule has 0 aliphatic rings. The highest BCUT2D eigenvalue weighted by Gasteiger charge is 2.16. The first-order chi connectivity index (χ1) is 14.3. The number of ether oxygens (including phenoxy) is 2. The van der Waals surface area contributed by atoms with Gasteiger partial charge in [0.1, 0.15) is 5.75 Å². The molecule has 0 unspecified atom stereocenters. The van der Waals surface area contributed by atoms with Crippen LogP contribution in [0.1, 0.15) is 29.8 Å². The minimum atomic E-state index is -0.631. The van der Waals surface area contributed by atoms with Gasteiger partial charge in [-0.1, -0.05) is 18.2 Å². The maximum absolute atomic E-state index is 12.5. The van der Waals surface area contributed by atoms with Crippen LogP contribution in [0.4, 0.5) is 5.69 Å². The summed E-state index contributed by atoms with van der Waals surface area (Å²) in [7, 11) is 1.51. The summed E-state index contributed by atoms with van der Waals surface area (Å²) in [6.45, 7) is 5.21. The summed E-state index contributed by atoms with van der Waals surface area (Å²) in [5.41, 5.74) is 1.77. The van der Waals surface area contributed by atoms with Crippen molar-refractivity contribution in [1.82, 2.24) is 5.32 Å². The van der Waals surface area contributed by atoms with Gasteiger partial charge in [0, 0.05) is 10.9 Å². The maximum Gasteiger partial charge on any atom is 0.339 e. The Morgan fingerprint density at radius 2 is 1.80 bits per heavy atom. The van der Waals surface area contributed by atoms with Gasteiger partial charge in [-0.25, -0.2) is 4.79 Å². The molecular formula is C22H26N2O5S. The van der Waals surface area contributed by atoms with Crippen molar-refractivity contribution >= 4 is 35.2 Å². The van der Waals surface area contributed by atoms with Crippen LogP contribution >= 0.6 is 11.8 Å². The lowest BCUT2D eigenvalue weighted by atomic mass is 10.2. The highest BCUT2D eigenvalue weighted by atomic mass is 32.2. The lowest BCUT2D eigenvalue weighted by Gasteiger charge is -2.12. The van der Waals surface area contributed by atoms with E-state index in [0.29, 0.717) is 21.9 Å². The Morgan fingerprint density at radius 1 is 1.07 bits per heavy atom. The summed E-state index contributed by atoms with van der Waals surface area (Å²) in [6.07, 6.45) is 0. The largest absolute Gasteiger partial charge is 0.495 e. The second kappa shape index (κ2) is 11.3. The van der Waals surface area contributed by atoms with Crippen LogP contribution in [0.25, 0.3) is 0 Å². The number of rotatable bonds is 9. The van der Waals surface area contributed by atoms with E-state index in [9.17, 15) is 14.4 Å². The van der Waals surface area contributed by atoms with Crippen molar-refractivity contribution in [2.45, 2.75) is 31.7 Å². The Kier molecular flexibility index (Phi) is 8.73. The third-order valence-electron chi connectivity index (χ3n) is 3.88. The van der Waals surface area contributed by atoms with E-state index < -0.39 is 18.5 Å². The van der Waals surface area contributed by atoms with Gasteiger partial charge in [0.05, 0.1) is 24.1 Å². The van der Waals surface area contributed by atoms with Crippen molar-refractivity contribution in [3.05, 3.63) is 53.6 Å². The fraction of sp³-hybridized carbons (Fsp3) is 0.318. The van der Waals surface area contributed by atoms with Crippen molar-refractivity contribution in [1.29, 1.82) is 0 Å². The molecule has 0 bridgehead atoms. The van der Waals surface area contributed by atoms with E-state index in [0.717, 1.165) is 5.56 Å². The summed E-state index contributed by atoms with van der Waals surface area (Å²) in [5, 5.41) is 5.48. The molecule has 0 saturated carbocycles. The molecule has 2 aromatic rings. The standard InChI is InChI=1S/C22H26N2O5S/c1-14(2)23-21(26)13-30-19-8-6-5-7-16(19)22(27)29-12-20(25)24-17-11-15(3)9-10-18(17)28-4/h5-11,14H,12-13H2,1-4H3,(H,23,26)(H,24,25). The summed E-state index contributed by atoms with van der Waals surface area (Å²) < 4.78 is 10.4. The Hall–Kier alpha value is -3.00. The number of carbonyl (C=O) groups excluding carboxylic acids is 3. The van der Waals surface area contributed by atoms with Crippen LogP contribution in [0.5, 0.6) is 5.75 Å². The topological polar surface area (TPSA) is 93.7 Å². The van der Waals surface area contributed by atoms with E-state index in [1.807, 2.05) is 26.8 Å². The molecule has 7 nitrogen and oxygen atoms in total. The fourth-order valence-electron chi connectivity index (χ4n) is 2.58. The number of carbonyl (C=O) groups is 3. The van der Waals surface area contributed by atoms with Crippen LogP contribution < -0.4 is 15.4 Å². The normalized spacial score (nSPS) is 10.4. The van der Waals surface area contributed by atoms with E-state index in [2.05, 4.69) is 10.6 Å². The van der Waals surface area contributed by atoms with Gasteiger partial charge in [-0.05, 0) is 50.6 Å². The molecule has 0 atom stereocenters. The first kappa shape index (κ1) is 23.3. The van der Waals surface area contributed by atoms with Gasteiger partial charge < -0.3 is 20.1 Å². The Morgan fingerprint density at radius 3 is 2.50 bits per heavy atom. The zero-order valence-corrected chi connectivity index (χ0v) is 18.3.